The molecule has 1 N–H and O–H groups in total. The van der Waals surface area contributed by atoms with Gasteiger partial charge in [0.2, 0.25) is 5.89 Å². The number of hydrogen-bond donors (Lipinski definition) is 1. The molecular formula is C26H20F5N5O2. The van der Waals surface area contributed by atoms with E-state index in [9.17, 15) is 27.1 Å². The van der Waals surface area contributed by atoms with Crippen LogP contribution in [0.1, 0.15) is 61.4 Å². The smallest absolute Gasteiger partial charge is 0.420 e. The molecule has 0 spiro atoms. The number of aliphatic hydroxyl groups excluding tert-OH is 1. The second kappa shape index (κ2) is 8.10. The summed E-state index contributed by atoms with van der Waals surface area (Å²) in [7, 11) is 0. The van der Waals surface area contributed by atoms with E-state index in [1.54, 1.807) is 12.3 Å². The summed E-state index contributed by atoms with van der Waals surface area (Å²) in [6.45, 7) is 4.10. The van der Waals surface area contributed by atoms with Crippen molar-refractivity contribution in [1.82, 2.24) is 25.1 Å². The summed E-state index contributed by atoms with van der Waals surface area (Å²) in [4.78, 5) is 12.7. The first-order valence-corrected chi connectivity index (χ1v) is 11.8. The number of nitrogens with zero attached hydrogens (tertiary/aromatic N) is 5. The van der Waals surface area contributed by atoms with Crippen molar-refractivity contribution in [3.05, 3.63) is 77.2 Å². The maximum atomic E-state index is 14.5. The molecule has 0 aliphatic heterocycles. The van der Waals surface area contributed by atoms with Gasteiger partial charge in [-0.1, -0.05) is 19.9 Å². The number of rotatable bonds is 4. The second-order valence-corrected chi connectivity index (χ2v) is 10.2. The number of aromatic nitrogens is 5. The summed E-state index contributed by atoms with van der Waals surface area (Å²) in [5, 5.41) is 18.1. The number of hydrogen-bond acceptors (Lipinski definition) is 7. The monoisotopic (exact) mass is 529 g/mol. The quantitative estimate of drug-likeness (QED) is 0.341. The lowest BCUT2D eigenvalue weighted by Gasteiger charge is -2.37. The van der Waals surface area contributed by atoms with Gasteiger partial charge in [-0.05, 0) is 47.9 Å². The van der Waals surface area contributed by atoms with Gasteiger partial charge in [-0.2, -0.15) is 18.3 Å². The molecule has 1 unspecified atom stereocenters. The number of oxazole rings is 1. The molecule has 4 aromatic rings. The molecule has 2 aliphatic carbocycles. The average Bonchev–Trinajstić information content (AvgIpc) is 3.51. The lowest BCUT2D eigenvalue weighted by Crippen LogP contribution is -2.38. The Kier molecular flexibility index (Phi) is 5.23. The molecule has 1 aromatic carbocycles. The Balaban J connectivity index is 1.45. The molecule has 7 nitrogen and oxygen atoms in total. The maximum Gasteiger partial charge on any atom is 0.420 e. The zero-order valence-electron chi connectivity index (χ0n) is 20.1. The minimum atomic E-state index is -4.90. The van der Waals surface area contributed by atoms with Crippen molar-refractivity contribution in [3.8, 4) is 22.8 Å². The van der Waals surface area contributed by atoms with Gasteiger partial charge in [0.05, 0.1) is 34.3 Å². The average molecular weight is 529 g/mol. The predicted molar refractivity (Wildman–Crippen MR) is 122 cm³/mol. The molecule has 12 heteroatoms. The lowest BCUT2D eigenvalue weighted by atomic mass is 9.66. The summed E-state index contributed by atoms with van der Waals surface area (Å²) < 4.78 is 72.9. The van der Waals surface area contributed by atoms with Gasteiger partial charge in [-0.25, -0.2) is 18.7 Å². The number of aliphatic hydroxyl groups is 1. The van der Waals surface area contributed by atoms with Gasteiger partial charge < -0.3 is 9.52 Å². The molecule has 2 aliphatic rings. The molecule has 1 fully saturated rings. The van der Waals surface area contributed by atoms with Gasteiger partial charge in [0.1, 0.15) is 29.3 Å². The van der Waals surface area contributed by atoms with E-state index in [2.05, 4.69) is 25.1 Å². The fourth-order valence-electron chi connectivity index (χ4n) is 6.13. The molecule has 196 valence electrons. The van der Waals surface area contributed by atoms with Crippen LogP contribution >= 0.6 is 0 Å². The topological polar surface area (TPSA) is 97.8 Å². The van der Waals surface area contributed by atoms with E-state index in [1.807, 2.05) is 13.8 Å². The van der Waals surface area contributed by atoms with Crippen molar-refractivity contribution >= 4 is 0 Å². The number of fused-ring (bicyclic) bond motifs is 5. The van der Waals surface area contributed by atoms with Crippen molar-refractivity contribution < 1.29 is 31.5 Å². The van der Waals surface area contributed by atoms with Crippen LogP contribution in [0, 0.1) is 17.0 Å². The van der Waals surface area contributed by atoms with Crippen molar-refractivity contribution in [3.63, 3.8) is 0 Å². The van der Waals surface area contributed by atoms with Crippen LogP contribution in [0.5, 0.6) is 0 Å². The van der Waals surface area contributed by atoms with E-state index in [0.717, 1.165) is 30.4 Å². The molecule has 0 amide bonds. The second-order valence-electron chi connectivity index (χ2n) is 10.2. The van der Waals surface area contributed by atoms with E-state index < -0.39 is 40.4 Å². The molecule has 3 heterocycles. The Morgan fingerprint density at radius 3 is 2.50 bits per heavy atom. The van der Waals surface area contributed by atoms with Gasteiger partial charge >= 0.3 is 6.18 Å². The first-order chi connectivity index (χ1) is 17.9. The van der Waals surface area contributed by atoms with Crippen LogP contribution in [0.25, 0.3) is 22.8 Å². The molecule has 6 rings (SSSR count). The van der Waals surface area contributed by atoms with Crippen LogP contribution in [-0.2, 0) is 5.41 Å². The third-order valence-electron chi connectivity index (χ3n) is 8.00. The van der Waals surface area contributed by atoms with Gasteiger partial charge in [0.15, 0.2) is 6.10 Å². The fourth-order valence-corrected chi connectivity index (χ4v) is 6.13. The highest BCUT2D eigenvalue weighted by Gasteiger charge is 2.65. The first-order valence-electron chi connectivity index (χ1n) is 11.8. The third-order valence-corrected chi connectivity index (χ3v) is 8.00. The molecule has 38 heavy (non-hydrogen) atoms. The summed E-state index contributed by atoms with van der Waals surface area (Å²) in [5.74, 6) is -1.72. The van der Waals surface area contributed by atoms with Crippen LogP contribution in [0.3, 0.4) is 0 Å². The number of alkyl halides is 3. The van der Waals surface area contributed by atoms with Gasteiger partial charge in [0, 0.05) is 6.20 Å². The van der Waals surface area contributed by atoms with E-state index in [1.165, 1.54) is 12.3 Å². The van der Waals surface area contributed by atoms with Gasteiger partial charge in [0.25, 0.3) is 0 Å². The molecule has 3 atom stereocenters. The van der Waals surface area contributed by atoms with E-state index >= 15 is 0 Å². The zero-order valence-corrected chi connectivity index (χ0v) is 20.1. The highest BCUT2D eigenvalue weighted by Crippen LogP contribution is 2.69. The highest BCUT2D eigenvalue weighted by molar-refractivity contribution is 5.64. The Bertz CT molecular complexity index is 1550. The first kappa shape index (κ1) is 24.5. The number of halogens is 5. The summed E-state index contributed by atoms with van der Waals surface area (Å²) in [5.41, 5.74) is -0.0511. The molecule has 0 radical (unpaired) electrons. The number of benzene rings is 1. The van der Waals surface area contributed by atoms with Crippen molar-refractivity contribution in [2.24, 2.45) is 5.41 Å². The van der Waals surface area contributed by atoms with Crippen molar-refractivity contribution in [1.29, 1.82) is 0 Å². The maximum absolute atomic E-state index is 14.5. The lowest BCUT2D eigenvalue weighted by molar-refractivity contribution is -0.207. The van der Waals surface area contributed by atoms with Crippen molar-refractivity contribution in [2.45, 2.75) is 50.3 Å². The van der Waals surface area contributed by atoms with Crippen LogP contribution in [0.4, 0.5) is 22.0 Å². The predicted octanol–water partition coefficient (Wildman–Crippen LogP) is 5.67. The van der Waals surface area contributed by atoms with Gasteiger partial charge in [-0.3, -0.25) is 4.98 Å². The standard InChI is InChI=1S/C26H20F5N5O2/c1-24(2)13-6-7-25(24,21-12(13)8-16(35-36-21)20-14(27)4-3-5-15(20)28)19-10-32-9-17(33-19)23-34-18(11-38-23)22(37)26(29,30)31/h3-5,8-11,13,22,37H,6-7H2,1-2H3/t13-,22?,25-/m0/s1. The van der Waals surface area contributed by atoms with E-state index in [4.69, 9.17) is 4.42 Å². The van der Waals surface area contributed by atoms with E-state index in [-0.39, 0.29) is 28.8 Å². The SMILES string of the molecule is CC1(C)[C@H]2CC[C@]1(c1cncc(-c3nc(C(O)C(F)(F)F)co3)n1)c1nnc(-c3c(F)cccc3F)cc12. The van der Waals surface area contributed by atoms with Crippen LogP contribution < -0.4 is 0 Å². The molecule has 3 aromatic heterocycles. The zero-order chi connectivity index (χ0) is 27.0. The molecule has 2 bridgehead atoms. The van der Waals surface area contributed by atoms with Crippen LogP contribution in [0.2, 0.25) is 0 Å². The fraction of sp³-hybridized carbons (Fsp3) is 0.346. The third kappa shape index (κ3) is 3.32. The normalized spacial score (nSPS) is 22.5. The highest BCUT2D eigenvalue weighted by atomic mass is 19.4. The Labute approximate surface area is 212 Å². The Hall–Kier alpha value is -3.80. The summed E-state index contributed by atoms with van der Waals surface area (Å²) >= 11 is 0. The van der Waals surface area contributed by atoms with Crippen molar-refractivity contribution in [2.75, 3.05) is 0 Å². The largest absolute Gasteiger partial charge is 0.443 e. The Morgan fingerprint density at radius 2 is 1.79 bits per heavy atom. The minimum Gasteiger partial charge on any atom is -0.443 e. The van der Waals surface area contributed by atoms with Crippen LogP contribution in [-0.4, -0.2) is 36.4 Å². The summed E-state index contributed by atoms with van der Waals surface area (Å²) in [6, 6.07) is 5.27. The van der Waals surface area contributed by atoms with Gasteiger partial charge in [-0.15, -0.1) is 5.10 Å². The summed E-state index contributed by atoms with van der Waals surface area (Å²) in [6.07, 6.45) is -2.71. The Morgan fingerprint density at radius 1 is 1.05 bits per heavy atom. The van der Waals surface area contributed by atoms with Crippen LogP contribution in [0.15, 0.2) is 47.3 Å². The van der Waals surface area contributed by atoms with E-state index in [0.29, 0.717) is 17.8 Å². The molecule has 0 saturated heterocycles. The molecular weight excluding hydrogens is 509 g/mol. The minimum absolute atomic E-state index is 0.0117. The molecule has 1 saturated carbocycles.